The molecule has 0 saturated heterocycles. The molecular formula is C14H23N. The summed E-state index contributed by atoms with van der Waals surface area (Å²) in [6, 6.07) is 9.95. The maximum Gasteiger partial charge on any atom is 0.0319 e. The standard InChI is InChI=1S/C14H23N/c1-5-12(4)15-14(6-2)13-9-7-11(3)8-10-13/h7-10,12,14-15H,5-6H2,1-4H3/t12-,14-/m0/s1. The van der Waals surface area contributed by atoms with Crippen LogP contribution in [0.1, 0.15) is 50.8 Å². The van der Waals surface area contributed by atoms with Crippen LogP contribution >= 0.6 is 0 Å². The molecule has 1 N–H and O–H groups in total. The number of nitrogens with one attached hydrogen (secondary N) is 1. The van der Waals surface area contributed by atoms with E-state index in [-0.39, 0.29) is 0 Å². The normalized spacial score (nSPS) is 14.9. The monoisotopic (exact) mass is 205 g/mol. The van der Waals surface area contributed by atoms with Gasteiger partial charge in [0.15, 0.2) is 0 Å². The van der Waals surface area contributed by atoms with Gasteiger partial charge in [0.05, 0.1) is 0 Å². The molecule has 0 aromatic heterocycles. The van der Waals surface area contributed by atoms with E-state index in [4.69, 9.17) is 0 Å². The van der Waals surface area contributed by atoms with Crippen molar-refractivity contribution in [1.82, 2.24) is 5.32 Å². The summed E-state index contributed by atoms with van der Waals surface area (Å²) in [5.41, 5.74) is 2.74. The van der Waals surface area contributed by atoms with Crippen molar-refractivity contribution in [2.45, 2.75) is 52.6 Å². The smallest absolute Gasteiger partial charge is 0.0319 e. The van der Waals surface area contributed by atoms with Crippen LogP contribution in [-0.4, -0.2) is 6.04 Å². The molecule has 0 heterocycles. The lowest BCUT2D eigenvalue weighted by Crippen LogP contribution is -2.29. The predicted octanol–water partition coefficient (Wildman–Crippen LogP) is 3.83. The van der Waals surface area contributed by atoms with E-state index in [9.17, 15) is 0 Å². The molecule has 1 rings (SSSR count). The second-order valence-electron chi connectivity index (χ2n) is 4.35. The molecular weight excluding hydrogens is 182 g/mol. The van der Waals surface area contributed by atoms with Crippen molar-refractivity contribution in [2.75, 3.05) is 0 Å². The van der Waals surface area contributed by atoms with Crippen molar-refractivity contribution < 1.29 is 0 Å². The first-order valence-corrected chi connectivity index (χ1v) is 6.00. The molecule has 0 saturated carbocycles. The molecule has 1 heteroatoms. The zero-order chi connectivity index (χ0) is 11.3. The van der Waals surface area contributed by atoms with E-state index >= 15 is 0 Å². The summed E-state index contributed by atoms with van der Waals surface area (Å²) in [6.07, 6.45) is 2.33. The van der Waals surface area contributed by atoms with Gasteiger partial charge in [0.2, 0.25) is 0 Å². The van der Waals surface area contributed by atoms with Crippen LogP contribution in [0.3, 0.4) is 0 Å². The number of rotatable bonds is 5. The Hall–Kier alpha value is -0.820. The second kappa shape index (κ2) is 5.92. The fraction of sp³-hybridized carbons (Fsp3) is 0.571. The number of hydrogen-bond acceptors (Lipinski definition) is 1. The summed E-state index contributed by atoms with van der Waals surface area (Å²) >= 11 is 0. The van der Waals surface area contributed by atoms with Crippen molar-refractivity contribution in [1.29, 1.82) is 0 Å². The summed E-state index contributed by atoms with van der Waals surface area (Å²) < 4.78 is 0. The average molecular weight is 205 g/mol. The number of hydrogen-bond donors (Lipinski definition) is 1. The summed E-state index contributed by atoms with van der Waals surface area (Å²) in [5, 5.41) is 3.65. The van der Waals surface area contributed by atoms with Crippen molar-refractivity contribution in [3.63, 3.8) is 0 Å². The van der Waals surface area contributed by atoms with E-state index in [0.717, 1.165) is 6.42 Å². The largest absolute Gasteiger partial charge is 0.307 e. The minimum Gasteiger partial charge on any atom is -0.307 e. The lowest BCUT2D eigenvalue weighted by molar-refractivity contribution is 0.437. The van der Waals surface area contributed by atoms with Crippen LogP contribution in [0.5, 0.6) is 0 Å². The third-order valence-corrected chi connectivity index (χ3v) is 2.99. The van der Waals surface area contributed by atoms with Crippen LogP contribution in [-0.2, 0) is 0 Å². The molecule has 1 aromatic rings. The topological polar surface area (TPSA) is 12.0 Å². The van der Waals surface area contributed by atoms with Crippen LogP contribution in [0.2, 0.25) is 0 Å². The van der Waals surface area contributed by atoms with E-state index in [1.807, 2.05) is 0 Å². The van der Waals surface area contributed by atoms with Gasteiger partial charge in [0.1, 0.15) is 0 Å². The molecule has 0 aliphatic carbocycles. The van der Waals surface area contributed by atoms with Gasteiger partial charge >= 0.3 is 0 Å². The van der Waals surface area contributed by atoms with Gasteiger partial charge in [0, 0.05) is 12.1 Å². The molecule has 0 spiro atoms. The Morgan fingerprint density at radius 1 is 1.07 bits per heavy atom. The van der Waals surface area contributed by atoms with Crippen LogP contribution in [0.15, 0.2) is 24.3 Å². The van der Waals surface area contributed by atoms with Crippen molar-refractivity contribution in [3.8, 4) is 0 Å². The van der Waals surface area contributed by atoms with Crippen LogP contribution in [0, 0.1) is 6.92 Å². The first-order chi connectivity index (χ1) is 7.17. The van der Waals surface area contributed by atoms with E-state index in [0.29, 0.717) is 12.1 Å². The van der Waals surface area contributed by atoms with E-state index in [1.165, 1.54) is 17.5 Å². The summed E-state index contributed by atoms with van der Waals surface area (Å²) in [7, 11) is 0. The highest BCUT2D eigenvalue weighted by atomic mass is 14.9. The summed E-state index contributed by atoms with van der Waals surface area (Å²) in [6.45, 7) is 8.84. The van der Waals surface area contributed by atoms with E-state index in [1.54, 1.807) is 0 Å². The molecule has 0 aliphatic rings. The summed E-state index contributed by atoms with van der Waals surface area (Å²) in [5.74, 6) is 0. The van der Waals surface area contributed by atoms with Crippen LogP contribution < -0.4 is 5.32 Å². The Labute approximate surface area is 93.9 Å². The molecule has 0 bridgehead atoms. The molecule has 0 radical (unpaired) electrons. The van der Waals surface area contributed by atoms with Gasteiger partial charge in [-0.1, -0.05) is 43.7 Å². The van der Waals surface area contributed by atoms with Gasteiger partial charge in [-0.05, 0) is 32.3 Å². The fourth-order valence-electron chi connectivity index (χ4n) is 1.71. The van der Waals surface area contributed by atoms with Gasteiger partial charge in [0.25, 0.3) is 0 Å². The maximum atomic E-state index is 3.65. The highest BCUT2D eigenvalue weighted by Gasteiger charge is 2.10. The number of aryl methyl sites for hydroxylation is 1. The van der Waals surface area contributed by atoms with Gasteiger partial charge in [-0.2, -0.15) is 0 Å². The van der Waals surface area contributed by atoms with Crippen molar-refractivity contribution >= 4 is 0 Å². The molecule has 0 amide bonds. The Morgan fingerprint density at radius 3 is 2.13 bits per heavy atom. The fourth-order valence-corrected chi connectivity index (χ4v) is 1.71. The van der Waals surface area contributed by atoms with Crippen molar-refractivity contribution in [2.24, 2.45) is 0 Å². The Balaban J connectivity index is 2.69. The lowest BCUT2D eigenvalue weighted by Gasteiger charge is -2.22. The Bertz CT molecular complexity index is 276. The van der Waals surface area contributed by atoms with Crippen LogP contribution in [0.25, 0.3) is 0 Å². The van der Waals surface area contributed by atoms with Gasteiger partial charge in [-0.3, -0.25) is 0 Å². The molecule has 0 unspecified atom stereocenters. The Kier molecular flexibility index (Phi) is 4.83. The van der Waals surface area contributed by atoms with Gasteiger partial charge in [-0.25, -0.2) is 0 Å². The van der Waals surface area contributed by atoms with Gasteiger partial charge < -0.3 is 5.32 Å². The van der Waals surface area contributed by atoms with Gasteiger partial charge in [-0.15, -0.1) is 0 Å². The minimum atomic E-state index is 0.501. The third kappa shape index (κ3) is 3.67. The SMILES string of the molecule is CC[C@H](N[C@@H](C)CC)c1ccc(C)cc1. The zero-order valence-electron chi connectivity index (χ0n) is 10.4. The van der Waals surface area contributed by atoms with Crippen LogP contribution in [0.4, 0.5) is 0 Å². The molecule has 2 atom stereocenters. The molecule has 15 heavy (non-hydrogen) atoms. The number of benzene rings is 1. The quantitative estimate of drug-likeness (QED) is 0.770. The summed E-state index contributed by atoms with van der Waals surface area (Å²) in [4.78, 5) is 0. The molecule has 84 valence electrons. The van der Waals surface area contributed by atoms with E-state index in [2.05, 4.69) is 57.3 Å². The molecule has 1 aromatic carbocycles. The Morgan fingerprint density at radius 2 is 1.67 bits per heavy atom. The first kappa shape index (κ1) is 12.3. The molecule has 0 aliphatic heterocycles. The maximum absolute atomic E-state index is 3.65. The average Bonchev–Trinajstić information content (AvgIpc) is 2.27. The molecule has 0 fully saturated rings. The highest BCUT2D eigenvalue weighted by Crippen LogP contribution is 2.18. The first-order valence-electron chi connectivity index (χ1n) is 6.00. The second-order valence-corrected chi connectivity index (χ2v) is 4.35. The zero-order valence-corrected chi connectivity index (χ0v) is 10.4. The van der Waals surface area contributed by atoms with Crippen molar-refractivity contribution in [3.05, 3.63) is 35.4 Å². The van der Waals surface area contributed by atoms with E-state index < -0.39 is 0 Å². The molecule has 1 nitrogen and oxygen atoms in total. The minimum absolute atomic E-state index is 0.501. The third-order valence-electron chi connectivity index (χ3n) is 2.99. The predicted molar refractivity (Wildman–Crippen MR) is 67.1 cm³/mol. The highest BCUT2D eigenvalue weighted by molar-refractivity contribution is 5.24. The lowest BCUT2D eigenvalue weighted by atomic mass is 10.0.